The Morgan fingerprint density at radius 1 is 1.10 bits per heavy atom. The molecule has 146 valence electrons. The van der Waals surface area contributed by atoms with Gasteiger partial charge in [0.05, 0.1) is 6.42 Å². The van der Waals surface area contributed by atoms with E-state index in [0.717, 1.165) is 17.3 Å². The molecule has 0 saturated carbocycles. The number of rotatable bonds is 6. The average Bonchev–Trinajstić information content (AvgIpc) is 3.03. The van der Waals surface area contributed by atoms with Crippen LogP contribution < -0.4 is 10.2 Å². The predicted octanol–water partition coefficient (Wildman–Crippen LogP) is 2.66. The van der Waals surface area contributed by atoms with Crippen LogP contribution in [0.5, 0.6) is 0 Å². The molecule has 1 heterocycles. The monoisotopic (exact) mass is 407 g/mol. The molecule has 3 rings (SSSR count). The minimum atomic E-state index is -1.13. The number of thioether (sulfide) groups is 1. The summed E-state index contributed by atoms with van der Waals surface area (Å²) in [6.45, 7) is 0.223. The summed E-state index contributed by atoms with van der Waals surface area (Å²) in [6, 6.07) is 19.6. The van der Waals surface area contributed by atoms with Gasteiger partial charge in [0, 0.05) is 12.2 Å². The van der Waals surface area contributed by atoms with Crippen LogP contribution in [0, 0.1) is 11.3 Å². The Hall–Kier alpha value is -3.57. The molecule has 7 nitrogen and oxygen atoms in total. The lowest BCUT2D eigenvalue weighted by molar-refractivity contribution is -0.138. The number of carboxylic acid groups (broad SMARTS) is 1. The van der Waals surface area contributed by atoms with Gasteiger partial charge < -0.3 is 10.4 Å². The lowest BCUT2D eigenvalue weighted by Gasteiger charge is -2.18. The summed E-state index contributed by atoms with van der Waals surface area (Å²) in [4.78, 5) is 37.9. The molecule has 1 aliphatic rings. The minimum Gasteiger partial charge on any atom is -0.481 e. The summed E-state index contributed by atoms with van der Waals surface area (Å²) in [5.41, 5.74) is 1.11. The van der Waals surface area contributed by atoms with Gasteiger partial charge in [-0.15, -0.1) is 0 Å². The highest BCUT2D eigenvalue weighted by molar-refractivity contribution is 8.05. The Bertz CT molecular complexity index is 1000. The van der Waals surface area contributed by atoms with Crippen molar-refractivity contribution in [1.29, 1.82) is 5.26 Å². The van der Waals surface area contributed by atoms with E-state index in [1.807, 2.05) is 36.4 Å². The number of para-hydroxylation sites is 1. The van der Waals surface area contributed by atoms with E-state index >= 15 is 0 Å². The third kappa shape index (κ3) is 4.65. The SMILES string of the molecule is N#C/C(C(=O)NCc1ccccc1)=C1/S[C@H](CC(=O)O)C(=O)N1c1ccccc1. The molecule has 0 spiro atoms. The Kier molecular flexibility index (Phi) is 6.32. The standard InChI is InChI=1S/C21H17N3O4S/c22-12-16(19(27)23-13-14-7-3-1-4-8-14)21-24(15-9-5-2-6-10-15)20(28)17(29-21)11-18(25)26/h1-10,17H,11,13H2,(H,23,27)(H,25,26)/b21-16-/t17-/m1/s1. The molecule has 0 unspecified atom stereocenters. The molecule has 2 aromatic rings. The number of hydrogen-bond acceptors (Lipinski definition) is 5. The predicted molar refractivity (Wildman–Crippen MR) is 108 cm³/mol. The fourth-order valence-corrected chi connectivity index (χ4v) is 4.08. The van der Waals surface area contributed by atoms with Gasteiger partial charge >= 0.3 is 5.97 Å². The molecule has 2 aromatic carbocycles. The first-order chi connectivity index (χ1) is 14.0. The summed E-state index contributed by atoms with van der Waals surface area (Å²) in [5.74, 6) is -2.22. The Morgan fingerprint density at radius 3 is 2.31 bits per heavy atom. The third-order valence-electron chi connectivity index (χ3n) is 4.18. The summed E-state index contributed by atoms with van der Waals surface area (Å²) >= 11 is 0.925. The zero-order chi connectivity index (χ0) is 20.8. The normalized spacial score (nSPS) is 17.6. The van der Waals surface area contributed by atoms with E-state index in [1.54, 1.807) is 30.3 Å². The lowest BCUT2D eigenvalue weighted by atomic mass is 10.2. The number of hydrogen-bond donors (Lipinski definition) is 2. The van der Waals surface area contributed by atoms with Crippen LogP contribution in [0.25, 0.3) is 0 Å². The molecule has 0 bridgehead atoms. The number of nitrogens with zero attached hydrogens (tertiary/aromatic N) is 2. The van der Waals surface area contributed by atoms with Crippen LogP contribution in [0.4, 0.5) is 5.69 Å². The van der Waals surface area contributed by atoms with Crippen molar-refractivity contribution < 1.29 is 19.5 Å². The Balaban J connectivity index is 1.93. The van der Waals surface area contributed by atoms with Crippen molar-refractivity contribution in [1.82, 2.24) is 5.32 Å². The molecule has 2 amide bonds. The number of aliphatic carboxylic acids is 1. The van der Waals surface area contributed by atoms with E-state index in [9.17, 15) is 19.6 Å². The van der Waals surface area contributed by atoms with Crippen LogP contribution in [0.2, 0.25) is 0 Å². The number of carbonyl (C=O) groups is 3. The number of benzene rings is 2. The van der Waals surface area contributed by atoms with Crippen LogP contribution in [0.15, 0.2) is 71.3 Å². The van der Waals surface area contributed by atoms with Crippen molar-refractivity contribution in [3.8, 4) is 6.07 Å². The molecule has 0 aromatic heterocycles. The zero-order valence-corrected chi connectivity index (χ0v) is 16.1. The van der Waals surface area contributed by atoms with Gasteiger partial charge in [-0.05, 0) is 17.7 Å². The molecule has 1 saturated heterocycles. The maximum absolute atomic E-state index is 12.8. The molecule has 8 heteroatoms. The summed E-state index contributed by atoms with van der Waals surface area (Å²) in [6.07, 6.45) is -0.402. The van der Waals surface area contributed by atoms with Crippen LogP contribution >= 0.6 is 11.8 Å². The highest BCUT2D eigenvalue weighted by Crippen LogP contribution is 2.41. The van der Waals surface area contributed by atoms with E-state index in [1.165, 1.54) is 4.90 Å². The van der Waals surface area contributed by atoms with Gasteiger partial charge in [-0.3, -0.25) is 19.3 Å². The van der Waals surface area contributed by atoms with Gasteiger partial charge in [-0.1, -0.05) is 60.3 Å². The van der Waals surface area contributed by atoms with Gasteiger partial charge in [-0.2, -0.15) is 5.26 Å². The van der Waals surface area contributed by atoms with Crippen molar-refractivity contribution >= 4 is 35.2 Å². The molecule has 0 aliphatic carbocycles. The molecule has 0 radical (unpaired) electrons. The number of nitriles is 1. The van der Waals surface area contributed by atoms with E-state index in [-0.39, 0.29) is 17.1 Å². The fraction of sp³-hybridized carbons (Fsp3) is 0.143. The quantitative estimate of drug-likeness (QED) is 0.563. The number of carbonyl (C=O) groups excluding carboxylic acids is 2. The number of carboxylic acids is 1. The molecule has 29 heavy (non-hydrogen) atoms. The first-order valence-electron chi connectivity index (χ1n) is 8.75. The largest absolute Gasteiger partial charge is 0.481 e. The van der Waals surface area contributed by atoms with E-state index in [0.29, 0.717) is 5.69 Å². The first kappa shape index (κ1) is 20.2. The van der Waals surface area contributed by atoms with Gasteiger partial charge in [0.2, 0.25) is 5.91 Å². The van der Waals surface area contributed by atoms with Gasteiger partial charge in [0.25, 0.3) is 5.91 Å². The van der Waals surface area contributed by atoms with E-state index in [4.69, 9.17) is 5.11 Å². The van der Waals surface area contributed by atoms with Crippen molar-refractivity contribution in [2.24, 2.45) is 0 Å². The molecule has 1 fully saturated rings. The third-order valence-corrected chi connectivity index (χ3v) is 5.44. The van der Waals surface area contributed by atoms with Gasteiger partial charge in [0.15, 0.2) is 0 Å². The van der Waals surface area contributed by atoms with Gasteiger partial charge in [0.1, 0.15) is 21.9 Å². The minimum absolute atomic E-state index is 0.139. The molecule has 2 N–H and O–H groups in total. The topological polar surface area (TPSA) is 111 Å². The second-order valence-electron chi connectivity index (χ2n) is 6.17. The zero-order valence-electron chi connectivity index (χ0n) is 15.2. The maximum atomic E-state index is 12.8. The van der Waals surface area contributed by atoms with Crippen molar-refractivity contribution in [3.63, 3.8) is 0 Å². The van der Waals surface area contributed by atoms with Crippen molar-refractivity contribution in [2.75, 3.05) is 4.90 Å². The second-order valence-corrected chi connectivity index (χ2v) is 7.37. The molecular weight excluding hydrogens is 390 g/mol. The molecular formula is C21H17N3O4S. The Morgan fingerprint density at radius 2 is 1.72 bits per heavy atom. The van der Waals surface area contributed by atoms with Gasteiger partial charge in [-0.25, -0.2) is 0 Å². The number of anilines is 1. The Labute approximate surface area is 171 Å². The van der Waals surface area contributed by atoms with E-state index in [2.05, 4.69) is 5.32 Å². The highest BCUT2D eigenvalue weighted by atomic mass is 32.2. The van der Waals surface area contributed by atoms with Crippen molar-refractivity contribution in [2.45, 2.75) is 18.2 Å². The van der Waals surface area contributed by atoms with Crippen LogP contribution in [0.3, 0.4) is 0 Å². The maximum Gasteiger partial charge on any atom is 0.305 e. The fourth-order valence-electron chi connectivity index (χ4n) is 2.82. The summed E-state index contributed by atoms with van der Waals surface area (Å²) in [7, 11) is 0. The smallest absolute Gasteiger partial charge is 0.305 e. The van der Waals surface area contributed by atoms with Crippen LogP contribution in [0.1, 0.15) is 12.0 Å². The number of nitrogens with one attached hydrogen (secondary N) is 1. The molecule has 1 atom stereocenters. The number of amides is 2. The average molecular weight is 407 g/mol. The van der Waals surface area contributed by atoms with Crippen LogP contribution in [-0.4, -0.2) is 28.1 Å². The first-order valence-corrected chi connectivity index (χ1v) is 9.63. The van der Waals surface area contributed by atoms with Crippen LogP contribution in [-0.2, 0) is 20.9 Å². The van der Waals surface area contributed by atoms with Crippen molar-refractivity contribution in [3.05, 3.63) is 76.8 Å². The summed E-state index contributed by atoms with van der Waals surface area (Å²) < 4.78 is 0. The second kappa shape index (κ2) is 9.08. The highest BCUT2D eigenvalue weighted by Gasteiger charge is 2.41. The van der Waals surface area contributed by atoms with E-state index < -0.39 is 29.5 Å². The molecule has 1 aliphatic heterocycles. The lowest BCUT2D eigenvalue weighted by Crippen LogP contribution is -2.32. The summed E-state index contributed by atoms with van der Waals surface area (Å²) in [5, 5.41) is 20.7.